The van der Waals surface area contributed by atoms with E-state index in [1.165, 1.54) is 11.3 Å². The highest BCUT2D eigenvalue weighted by molar-refractivity contribution is 6.13. The summed E-state index contributed by atoms with van der Waals surface area (Å²) in [5.41, 5.74) is 5.69. The van der Waals surface area contributed by atoms with E-state index in [2.05, 4.69) is 53.3 Å². The Morgan fingerprint density at radius 1 is 1.22 bits per heavy atom. The minimum atomic E-state index is 1.03. The molecule has 0 saturated heterocycles. The van der Waals surface area contributed by atoms with Gasteiger partial charge in [0.15, 0.2) is 0 Å². The average Bonchev–Trinajstić information content (AvgIpc) is 2.38. The molecule has 3 heteroatoms. The molecule has 1 rings (SSSR count). The lowest BCUT2D eigenvalue weighted by atomic mass is 10.0. The summed E-state index contributed by atoms with van der Waals surface area (Å²) in [6, 6.07) is 8.43. The molecule has 0 fully saturated rings. The second-order valence-corrected chi connectivity index (χ2v) is 4.52. The molecule has 0 aliphatic carbocycles. The molecular weight excluding hydrogens is 222 g/mol. The Bertz CT molecular complexity index is 470. The van der Waals surface area contributed by atoms with E-state index in [-0.39, 0.29) is 0 Å². The Kier molecular flexibility index (Phi) is 4.95. The van der Waals surface area contributed by atoms with Gasteiger partial charge in [0.25, 0.3) is 0 Å². The van der Waals surface area contributed by atoms with Crippen LogP contribution in [0.1, 0.15) is 19.4 Å². The van der Waals surface area contributed by atoms with Gasteiger partial charge in [-0.25, -0.2) is 0 Å². The Hall–Kier alpha value is -1.77. The van der Waals surface area contributed by atoms with Gasteiger partial charge in [0.1, 0.15) is 0 Å². The highest BCUT2D eigenvalue weighted by atomic mass is 15.1. The largest absolute Gasteiger partial charge is 0.391 e. The molecule has 0 radical (unpaired) electrons. The fourth-order valence-electron chi connectivity index (χ4n) is 1.81. The first kappa shape index (κ1) is 14.3. The highest BCUT2D eigenvalue weighted by Gasteiger charge is 2.08. The van der Waals surface area contributed by atoms with E-state index >= 15 is 0 Å². The smallest absolute Gasteiger partial charge is 0.0690 e. The second kappa shape index (κ2) is 6.24. The van der Waals surface area contributed by atoms with Crippen LogP contribution in [0, 0.1) is 0 Å². The van der Waals surface area contributed by atoms with Crippen molar-refractivity contribution >= 4 is 11.4 Å². The summed E-state index contributed by atoms with van der Waals surface area (Å²) in [6.07, 6.45) is 0. The normalized spacial score (nSPS) is 13.1. The van der Waals surface area contributed by atoms with Crippen molar-refractivity contribution < 1.29 is 0 Å². The highest BCUT2D eigenvalue weighted by Crippen LogP contribution is 2.18. The van der Waals surface area contributed by atoms with Crippen molar-refractivity contribution in [1.82, 2.24) is 5.32 Å². The van der Waals surface area contributed by atoms with E-state index in [1.807, 2.05) is 28.2 Å². The van der Waals surface area contributed by atoms with Gasteiger partial charge < -0.3 is 10.2 Å². The monoisotopic (exact) mass is 245 g/mol. The van der Waals surface area contributed by atoms with Crippen molar-refractivity contribution in [2.24, 2.45) is 4.99 Å². The standard InChI is InChI=1S/C15H23N3/c1-11(12(2)16-3)15(17-4)13-8-7-9-14(10-13)18(5)6/h7-10,16H,1-6H3/b12-11+,17-15+. The molecule has 0 spiro atoms. The van der Waals surface area contributed by atoms with E-state index in [0.717, 1.165) is 17.0 Å². The summed E-state index contributed by atoms with van der Waals surface area (Å²) in [5, 5.41) is 3.17. The van der Waals surface area contributed by atoms with Gasteiger partial charge in [0.2, 0.25) is 0 Å². The predicted octanol–water partition coefficient (Wildman–Crippen LogP) is 2.68. The summed E-state index contributed by atoms with van der Waals surface area (Å²) in [4.78, 5) is 6.53. The lowest BCUT2D eigenvalue weighted by molar-refractivity contribution is 0.973. The number of anilines is 1. The van der Waals surface area contributed by atoms with Crippen molar-refractivity contribution in [2.45, 2.75) is 13.8 Å². The molecule has 3 nitrogen and oxygen atoms in total. The minimum Gasteiger partial charge on any atom is -0.391 e. The van der Waals surface area contributed by atoms with Crippen LogP contribution in [0.2, 0.25) is 0 Å². The summed E-state index contributed by atoms with van der Waals surface area (Å²) < 4.78 is 0. The lowest BCUT2D eigenvalue weighted by Gasteiger charge is -2.15. The molecule has 18 heavy (non-hydrogen) atoms. The second-order valence-electron chi connectivity index (χ2n) is 4.52. The van der Waals surface area contributed by atoms with Crippen molar-refractivity contribution in [3.05, 3.63) is 41.1 Å². The first-order valence-corrected chi connectivity index (χ1v) is 6.11. The number of benzene rings is 1. The molecule has 0 unspecified atom stereocenters. The van der Waals surface area contributed by atoms with Crippen LogP contribution in [0.25, 0.3) is 0 Å². The van der Waals surface area contributed by atoms with Gasteiger partial charge in [-0.05, 0) is 31.6 Å². The molecule has 0 aliphatic rings. The van der Waals surface area contributed by atoms with Gasteiger partial charge >= 0.3 is 0 Å². The SMILES string of the molecule is C/N=C(\C(C)=C(/C)NC)c1cccc(N(C)C)c1. The Balaban J connectivity index is 3.23. The Labute approximate surface area is 110 Å². The van der Waals surface area contributed by atoms with Gasteiger partial charge in [0, 0.05) is 45.1 Å². The average molecular weight is 245 g/mol. The van der Waals surface area contributed by atoms with Crippen LogP contribution >= 0.6 is 0 Å². The predicted molar refractivity (Wildman–Crippen MR) is 80.7 cm³/mol. The maximum Gasteiger partial charge on any atom is 0.0690 e. The maximum absolute atomic E-state index is 4.43. The Morgan fingerprint density at radius 2 is 1.89 bits per heavy atom. The fraction of sp³-hybridized carbons (Fsp3) is 0.400. The van der Waals surface area contributed by atoms with Crippen LogP contribution < -0.4 is 10.2 Å². The molecule has 0 atom stereocenters. The van der Waals surface area contributed by atoms with E-state index in [9.17, 15) is 0 Å². The van der Waals surface area contributed by atoms with Gasteiger partial charge in [0.05, 0.1) is 5.71 Å². The molecule has 0 bridgehead atoms. The maximum atomic E-state index is 4.43. The molecule has 1 aromatic rings. The molecule has 1 aromatic carbocycles. The first-order valence-electron chi connectivity index (χ1n) is 6.11. The van der Waals surface area contributed by atoms with Crippen LogP contribution in [0.15, 0.2) is 40.5 Å². The van der Waals surface area contributed by atoms with Crippen LogP contribution in [0.5, 0.6) is 0 Å². The molecule has 0 heterocycles. The van der Waals surface area contributed by atoms with Gasteiger partial charge in [-0.1, -0.05) is 12.1 Å². The van der Waals surface area contributed by atoms with E-state index in [0.29, 0.717) is 0 Å². The van der Waals surface area contributed by atoms with Crippen LogP contribution in [0.4, 0.5) is 5.69 Å². The number of nitrogens with one attached hydrogen (secondary N) is 1. The molecule has 98 valence electrons. The summed E-state index contributed by atoms with van der Waals surface area (Å²) >= 11 is 0. The topological polar surface area (TPSA) is 27.6 Å². The van der Waals surface area contributed by atoms with Crippen LogP contribution in [-0.4, -0.2) is 33.9 Å². The zero-order valence-corrected chi connectivity index (χ0v) is 12.2. The first-order chi connectivity index (χ1) is 8.51. The molecule has 0 amide bonds. The summed E-state index contributed by atoms with van der Waals surface area (Å²) in [5.74, 6) is 0. The van der Waals surface area contributed by atoms with E-state index in [4.69, 9.17) is 0 Å². The molecule has 0 aromatic heterocycles. The van der Waals surface area contributed by atoms with E-state index < -0.39 is 0 Å². The van der Waals surface area contributed by atoms with Crippen molar-refractivity contribution in [1.29, 1.82) is 0 Å². The summed E-state index contributed by atoms with van der Waals surface area (Å²) in [6.45, 7) is 4.16. The number of allylic oxidation sites excluding steroid dienone is 2. The Morgan fingerprint density at radius 3 is 2.39 bits per heavy atom. The van der Waals surface area contributed by atoms with Crippen molar-refractivity contribution in [3.8, 4) is 0 Å². The third kappa shape index (κ3) is 3.13. The number of rotatable bonds is 4. The quantitative estimate of drug-likeness (QED) is 0.826. The van der Waals surface area contributed by atoms with Crippen molar-refractivity contribution in [3.63, 3.8) is 0 Å². The zero-order chi connectivity index (χ0) is 13.7. The number of hydrogen-bond donors (Lipinski definition) is 1. The van der Waals surface area contributed by atoms with Crippen molar-refractivity contribution in [2.75, 3.05) is 33.1 Å². The van der Waals surface area contributed by atoms with Gasteiger partial charge in [-0.15, -0.1) is 0 Å². The minimum absolute atomic E-state index is 1.03. The van der Waals surface area contributed by atoms with Crippen LogP contribution in [0.3, 0.4) is 0 Å². The van der Waals surface area contributed by atoms with Gasteiger partial charge in [-0.2, -0.15) is 0 Å². The van der Waals surface area contributed by atoms with Gasteiger partial charge in [-0.3, -0.25) is 4.99 Å². The number of aliphatic imine (C=N–C) groups is 1. The third-order valence-electron chi connectivity index (χ3n) is 3.15. The number of nitrogens with zero attached hydrogens (tertiary/aromatic N) is 2. The van der Waals surface area contributed by atoms with Crippen LogP contribution in [-0.2, 0) is 0 Å². The zero-order valence-electron chi connectivity index (χ0n) is 12.2. The van der Waals surface area contributed by atoms with E-state index in [1.54, 1.807) is 0 Å². The third-order valence-corrected chi connectivity index (χ3v) is 3.15. The molecule has 1 N–H and O–H groups in total. The fourth-order valence-corrected chi connectivity index (χ4v) is 1.81. The number of hydrogen-bond acceptors (Lipinski definition) is 3. The molecular formula is C15H23N3. The molecule has 0 saturated carbocycles. The molecule has 0 aliphatic heterocycles. The lowest BCUT2D eigenvalue weighted by Crippen LogP contribution is -2.13. The summed E-state index contributed by atoms with van der Waals surface area (Å²) in [7, 11) is 7.86.